The Bertz CT molecular complexity index is 858. The topological polar surface area (TPSA) is 91.8 Å². The monoisotopic (exact) mass is 330 g/mol. The number of halogens is 1. The first-order valence-electron chi connectivity index (χ1n) is 6.61. The normalized spacial score (nSPS) is 11.6. The first-order chi connectivity index (χ1) is 11.1. The third-order valence-corrected chi connectivity index (χ3v) is 3.82. The first-order valence-corrected chi connectivity index (χ1v) is 7.49. The summed E-state index contributed by atoms with van der Waals surface area (Å²) in [5.41, 5.74) is 1.07. The summed E-state index contributed by atoms with van der Waals surface area (Å²) < 4.78 is 13.2. The molecule has 0 aliphatic carbocycles. The number of allylic oxidation sites excluding steroid dienone is 1. The molecular weight excluding hydrogens is 319 g/mol. The number of H-pyrrole nitrogens is 1. The molecule has 0 radical (unpaired) electrons. The molecule has 0 unspecified atom stereocenters. The molecule has 0 bridgehead atoms. The van der Waals surface area contributed by atoms with Crippen LogP contribution in [-0.4, -0.2) is 31.1 Å². The Labute approximate surface area is 134 Å². The van der Waals surface area contributed by atoms with Gasteiger partial charge < -0.3 is 5.11 Å². The minimum Gasteiger partial charge on any atom is -0.506 e. The average molecular weight is 330 g/mol. The second-order valence-corrected chi connectivity index (χ2v) is 5.60. The van der Waals surface area contributed by atoms with Crippen molar-refractivity contribution in [3.8, 4) is 0 Å². The Morgan fingerprint density at radius 2 is 2.30 bits per heavy atom. The van der Waals surface area contributed by atoms with Gasteiger partial charge >= 0.3 is 0 Å². The van der Waals surface area contributed by atoms with Gasteiger partial charge in [-0.15, -0.1) is 11.3 Å². The van der Waals surface area contributed by atoms with Crippen molar-refractivity contribution in [1.29, 1.82) is 0 Å². The van der Waals surface area contributed by atoms with Crippen molar-refractivity contribution >= 4 is 22.9 Å². The molecule has 2 heterocycles. The Kier molecular flexibility index (Phi) is 4.24. The van der Waals surface area contributed by atoms with E-state index in [4.69, 9.17) is 0 Å². The molecule has 1 aromatic carbocycles. The second-order valence-electron chi connectivity index (χ2n) is 4.66. The number of carbonyl (C=O) groups excluding carboxylic acids is 1. The highest BCUT2D eigenvalue weighted by Gasteiger charge is 2.11. The molecule has 116 valence electrons. The third-order valence-electron chi connectivity index (χ3n) is 2.97. The van der Waals surface area contributed by atoms with Crippen LogP contribution in [0.2, 0.25) is 0 Å². The van der Waals surface area contributed by atoms with Gasteiger partial charge in [0.1, 0.15) is 23.6 Å². The van der Waals surface area contributed by atoms with Gasteiger partial charge in [-0.3, -0.25) is 9.89 Å². The fourth-order valence-electron chi connectivity index (χ4n) is 1.92. The van der Waals surface area contributed by atoms with Crippen LogP contribution in [0.5, 0.6) is 0 Å². The molecule has 0 aliphatic heterocycles. The molecular formula is C15H11FN4O2S. The number of nitrogens with one attached hydrogen (secondary N) is 1. The predicted octanol–water partition coefficient (Wildman–Crippen LogP) is 2.77. The fourth-order valence-corrected chi connectivity index (χ4v) is 2.74. The van der Waals surface area contributed by atoms with Gasteiger partial charge in [0.05, 0.1) is 5.01 Å². The molecule has 0 saturated carbocycles. The van der Waals surface area contributed by atoms with Crippen LogP contribution in [0.4, 0.5) is 4.39 Å². The van der Waals surface area contributed by atoms with E-state index in [1.807, 2.05) is 0 Å². The Balaban J connectivity index is 1.75. The zero-order valence-electron chi connectivity index (χ0n) is 11.7. The highest BCUT2D eigenvalue weighted by molar-refractivity contribution is 7.09. The summed E-state index contributed by atoms with van der Waals surface area (Å²) in [4.78, 5) is 19.7. The lowest BCUT2D eigenvalue weighted by molar-refractivity contribution is 0.103. The molecule has 3 aromatic rings. The van der Waals surface area contributed by atoms with Crippen molar-refractivity contribution in [2.45, 2.75) is 6.42 Å². The van der Waals surface area contributed by atoms with Crippen molar-refractivity contribution in [3.05, 3.63) is 70.0 Å². The lowest BCUT2D eigenvalue weighted by Crippen LogP contribution is -1.99. The number of benzene rings is 1. The van der Waals surface area contributed by atoms with E-state index in [0.29, 0.717) is 11.4 Å². The maximum Gasteiger partial charge on any atom is 0.226 e. The minimum absolute atomic E-state index is 0.0340. The van der Waals surface area contributed by atoms with E-state index in [9.17, 15) is 14.3 Å². The van der Waals surface area contributed by atoms with Crippen LogP contribution >= 0.6 is 11.3 Å². The van der Waals surface area contributed by atoms with Gasteiger partial charge in [0, 0.05) is 17.9 Å². The molecule has 0 saturated heterocycles. The van der Waals surface area contributed by atoms with Crippen LogP contribution in [-0.2, 0) is 6.42 Å². The van der Waals surface area contributed by atoms with E-state index in [2.05, 4.69) is 20.2 Å². The summed E-state index contributed by atoms with van der Waals surface area (Å²) in [5.74, 6) is -1.03. The lowest BCUT2D eigenvalue weighted by Gasteiger charge is -1.98. The molecule has 0 amide bonds. The van der Waals surface area contributed by atoms with Gasteiger partial charge in [-0.1, -0.05) is 12.1 Å². The standard InChI is InChI=1S/C15H11FN4O2S/c16-10-3-1-2-9(4-10)5-14-19-11(7-23-14)12(21)6-13(22)15-17-8-18-20-15/h1-4,6-8,21H,5H2,(H,17,18,20). The Morgan fingerprint density at radius 3 is 3.04 bits per heavy atom. The number of nitrogens with zero attached hydrogens (tertiary/aromatic N) is 3. The zero-order chi connectivity index (χ0) is 16.2. The van der Waals surface area contributed by atoms with Crippen LogP contribution in [0.25, 0.3) is 5.76 Å². The molecule has 0 fully saturated rings. The maximum absolute atomic E-state index is 13.2. The first kappa shape index (κ1) is 15.0. The highest BCUT2D eigenvalue weighted by atomic mass is 32.1. The lowest BCUT2D eigenvalue weighted by atomic mass is 10.1. The predicted molar refractivity (Wildman–Crippen MR) is 82.6 cm³/mol. The van der Waals surface area contributed by atoms with E-state index in [-0.39, 0.29) is 23.1 Å². The number of thiazole rings is 1. The van der Waals surface area contributed by atoms with Gasteiger partial charge in [-0.25, -0.2) is 14.4 Å². The van der Waals surface area contributed by atoms with Crippen molar-refractivity contribution in [2.75, 3.05) is 0 Å². The number of hydrogen-bond acceptors (Lipinski definition) is 6. The van der Waals surface area contributed by atoms with Crippen molar-refractivity contribution in [3.63, 3.8) is 0 Å². The summed E-state index contributed by atoms with van der Waals surface area (Å²) in [5, 5.41) is 18.3. The average Bonchev–Trinajstić information content (AvgIpc) is 3.18. The van der Waals surface area contributed by atoms with E-state index in [0.717, 1.165) is 11.6 Å². The molecule has 0 aliphatic rings. The smallest absolute Gasteiger partial charge is 0.226 e. The van der Waals surface area contributed by atoms with Gasteiger partial charge in [-0.05, 0) is 17.7 Å². The quantitative estimate of drug-likeness (QED) is 0.426. The molecule has 2 aromatic heterocycles. The Morgan fingerprint density at radius 1 is 1.43 bits per heavy atom. The third kappa shape index (κ3) is 3.67. The summed E-state index contributed by atoms with van der Waals surface area (Å²) in [6.45, 7) is 0. The van der Waals surface area contributed by atoms with Gasteiger partial charge in [-0.2, -0.15) is 5.10 Å². The number of aromatic nitrogens is 4. The van der Waals surface area contributed by atoms with Crippen LogP contribution in [0, 0.1) is 5.82 Å². The second kappa shape index (κ2) is 6.49. The Hall–Kier alpha value is -2.87. The summed E-state index contributed by atoms with van der Waals surface area (Å²) in [6.07, 6.45) is 2.69. The number of aliphatic hydroxyl groups excluding tert-OH is 1. The van der Waals surface area contributed by atoms with Gasteiger partial charge in [0.25, 0.3) is 0 Å². The number of aromatic amines is 1. The number of aliphatic hydroxyl groups is 1. The number of hydrogen-bond donors (Lipinski definition) is 2. The molecule has 3 rings (SSSR count). The SMILES string of the molecule is O=C(C=C(O)c1csc(Cc2cccc(F)c2)n1)c1ncn[nH]1. The van der Waals surface area contributed by atoms with E-state index >= 15 is 0 Å². The van der Waals surface area contributed by atoms with Crippen molar-refractivity contribution in [2.24, 2.45) is 0 Å². The fraction of sp³-hybridized carbons (Fsp3) is 0.0667. The molecule has 0 spiro atoms. The summed E-state index contributed by atoms with van der Waals surface area (Å²) >= 11 is 1.32. The largest absolute Gasteiger partial charge is 0.506 e. The minimum atomic E-state index is -0.500. The van der Waals surface area contributed by atoms with E-state index < -0.39 is 5.78 Å². The molecule has 2 N–H and O–H groups in total. The number of carbonyl (C=O) groups is 1. The number of ketones is 1. The highest BCUT2D eigenvalue weighted by Crippen LogP contribution is 2.19. The van der Waals surface area contributed by atoms with E-state index in [1.54, 1.807) is 17.5 Å². The van der Waals surface area contributed by atoms with E-state index in [1.165, 1.54) is 29.8 Å². The zero-order valence-corrected chi connectivity index (χ0v) is 12.5. The molecule has 0 atom stereocenters. The molecule has 6 nitrogen and oxygen atoms in total. The van der Waals surface area contributed by atoms with Crippen LogP contribution < -0.4 is 0 Å². The van der Waals surface area contributed by atoms with Crippen molar-refractivity contribution < 1.29 is 14.3 Å². The van der Waals surface area contributed by atoms with Crippen LogP contribution in [0.1, 0.15) is 26.9 Å². The van der Waals surface area contributed by atoms with Crippen LogP contribution in [0.3, 0.4) is 0 Å². The number of rotatable bonds is 5. The van der Waals surface area contributed by atoms with Crippen molar-refractivity contribution in [1.82, 2.24) is 20.2 Å². The van der Waals surface area contributed by atoms with Crippen LogP contribution in [0.15, 0.2) is 42.0 Å². The van der Waals surface area contributed by atoms with Gasteiger partial charge in [0.2, 0.25) is 5.78 Å². The molecule has 8 heteroatoms. The summed E-state index contributed by atoms with van der Waals surface area (Å²) in [7, 11) is 0. The molecule has 23 heavy (non-hydrogen) atoms. The maximum atomic E-state index is 13.2. The summed E-state index contributed by atoms with van der Waals surface area (Å²) in [6, 6.07) is 6.24. The van der Waals surface area contributed by atoms with Gasteiger partial charge in [0.15, 0.2) is 5.82 Å².